The van der Waals surface area contributed by atoms with Crippen molar-refractivity contribution in [2.45, 2.75) is 70.6 Å². The summed E-state index contributed by atoms with van der Waals surface area (Å²) in [4.78, 5) is 12.0. The summed E-state index contributed by atoms with van der Waals surface area (Å²) in [6.07, 6.45) is 8.65. The molecule has 1 N–H and O–H groups in total. The van der Waals surface area contributed by atoms with Gasteiger partial charge in [-0.2, -0.15) is 0 Å². The predicted octanol–water partition coefficient (Wildman–Crippen LogP) is 5.18. The Kier molecular flexibility index (Phi) is 6.49. The van der Waals surface area contributed by atoms with Crippen LogP contribution in [0.25, 0.3) is 0 Å². The molecule has 0 aliphatic heterocycles. The van der Waals surface area contributed by atoms with Crippen molar-refractivity contribution in [2.24, 2.45) is 5.92 Å². The minimum absolute atomic E-state index is 0.628. The average Bonchev–Trinajstić information content (AvgIpc) is 2.57. The van der Waals surface area contributed by atoms with E-state index in [-0.39, 0.29) is 0 Å². The maximum Gasteiger partial charge on any atom is 0.314 e. The molecule has 3 nitrogen and oxygen atoms in total. The molecule has 1 aromatic carbocycles. The molecule has 1 aliphatic carbocycles. The average molecular weight is 318 g/mol. The Morgan fingerprint density at radius 1 is 1.17 bits per heavy atom. The van der Waals surface area contributed by atoms with E-state index in [0.29, 0.717) is 12.5 Å². The first kappa shape index (κ1) is 17.8. The second-order valence-corrected chi connectivity index (χ2v) is 6.78. The minimum atomic E-state index is -0.702. The summed E-state index contributed by atoms with van der Waals surface area (Å²) < 4.78 is 5.47. The van der Waals surface area contributed by atoms with E-state index in [2.05, 4.69) is 6.92 Å². The lowest BCUT2D eigenvalue weighted by molar-refractivity contribution is -0.145. The molecule has 1 saturated carbocycles. The van der Waals surface area contributed by atoms with E-state index in [1.54, 1.807) is 0 Å². The van der Waals surface area contributed by atoms with Crippen LogP contribution >= 0.6 is 0 Å². The van der Waals surface area contributed by atoms with Crippen molar-refractivity contribution >= 4 is 5.97 Å². The van der Waals surface area contributed by atoms with Crippen LogP contribution in [0.4, 0.5) is 0 Å². The van der Waals surface area contributed by atoms with Gasteiger partial charge in [-0.05, 0) is 56.2 Å². The van der Waals surface area contributed by atoms with E-state index in [1.807, 2.05) is 31.2 Å². The summed E-state index contributed by atoms with van der Waals surface area (Å²) in [5.41, 5.74) is 0.229. The third kappa shape index (κ3) is 4.27. The van der Waals surface area contributed by atoms with Crippen molar-refractivity contribution in [1.82, 2.24) is 0 Å². The standard InChI is InChI=1S/C20H30O3/c1-3-5-6-7-16-12-14-20(15-13-16,19(21)22)17-8-10-18(11-9-17)23-4-2/h8-11,16H,3-7,12-15H2,1-2H3,(H,21,22). The molecule has 0 amide bonds. The number of carboxylic acids is 1. The number of benzene rings is 1. The van der Waals surface area contributed by atoms with E-state index in [0.717, 1.165) is 37.0 Å². The monoisotopic (exact) mass is 318 g/mol. The Morgan fingerprint density at radius 2 is 1.83 bits per heavy atom. The van der Waals surface area contributed by atoms with E-state index >= 15 is 0 Å². The lowest BCUT2D eigenvalue weighted by Gasteiger charge is -2.37. The highest BCUT2D eigenvalue weighted by Gasteiger charge is 2.43. The van der Waals surface area contributed by atoms with Crippen molar-refractivity contribution in [3.8, 4) is 5.75 Å². The second kappa shape index (κ2) is 8.37. The maximum atomic E-state index is 12.0. The van der Waals surface area contributed by atoms with Crippen LogP contribution < -0.4 is 4.74 Å². The number of carbonyl (C=O) groups is 1. The summed E-state index contributed by atoms with van der Waals surface area (Å²) in [5.74, 6) is 0.843. The predicted molar refractivity (Wildman–Crippen MR) is 93.0 cm³/mol. The second-order valence-electron chi connectivity index (χ2n) is 6.78. The van der Waals surface area contributed by atoms with Gasteiger partial charge < -0.3 is 9.84 Å². The van der Waals surface area contributed by atoms with E-state index < -0.39 is 11.4 Å². The zero-order valence-electron chi connectivity index (χ0n) is 14.5. The van der Waals surface area contributed by atoms with Crippen molar-refractivity contribution in [1.29, 1.82) is 0 Å². The highest BCUT2D eigenvalue weighted by Crippen LogP contribution is 2.43. The highest BCUT2D eigenvalue weighted by molar-refractivity contribution is 5.81. The van der Waals surface area contributed by atoms with Gasteiger partial charge in [0.1, 0.15) is 5.75 Å². The highest BCUT2D eigenvalue weighted by atomic mass is 16.5. The van der Waals surface area contributed by atoms with Crippen LogP contribution in [0.2, 0.25) is 0 Å². The van der Waals surface area contributed by atoms with Crippen molar-refractivity contribution < 1.29 is 14.6 Å². The number of hydrogen-bond donors (Lipinski definition) is 1. The van der Waals surface area contributed by atoms with Crippen molar-refractivity contribution in [3.63, 3.8) is 0 Å². The Balaban J connectivity index is 2.05. The molecule has 128 valence electrons. The van der Waals surface area contributed by atoms with Gasteiger partial charge in [0.05, 0.1) is 12.0 Å². The number of unbranched alkanes of at least 4 members (excludes halogenated alkanes) is 2. The third-order valence-electron chi connectivity index (χ3n) is 5.30. The van der Waals surface area contributed by atoms with Crippen LogP contribution in [0, 0.1) is 5.92 Å². The quantitative estimate of drug-likeness (QED) is 0.672. The molecule has 1 fully saturated rings. The number of aliphatic carboxylic acids is 1. The summed E-state index contributed by atoms with van der Waals surface area (Å²) in [5, 5.41) is 9.88. The summed E-state index contributed by atoms with van der Waals surface area (Å²) in [6.45, 7) is 4.80. The molecule has 3 heteroatoms. The van der Waals surface area contributed by atoms with Crippen LogP contribution in [0.3, 0.4) is 0 Å². The lowest BCUT2D eigenvalue weighted by Crippen LogP contribution is -2.39. The Bertz CT molecular complexity index is 484. The van der Waals surface area contributed by atoms with Gasteiger partial charge in [-0.3, -0.25) is 4.79 Å². The van der Waals surface area contributed by atoms with Gasteiger partial charge in [0.25, 0.3) is 0 Å². The van der Waals surface area contributed by atoms with Gasteiger partial charge in [0, 0.05) is 0 Å². The number of hydrogen-bond acceptors (Lipinski definition) is 2. The van der Waals surface area contributed by atoms with Gasteiger partial charge >= 0.3 is 5.97 Å². The summed E-state index contributed by atoms with van der Waals surface area (Å²) >= 11 is 0. The number of rotatable bonds is 8. The normalized spacial score (nSPS) is 24.3. The Labute approximate surface area is 140 Å². The van der Waals surface area contributed by atoms with Crippen molar-refractivity contribution in [3.05, 3.63) is 29.8 Å². The smallest absolute Gasteiger partial charge is 0.314 e. The molecule has 0 bridgehead atoms. The molecule has 0 heterocycles. The van der Waals surface area contributed by atoms with E-state index in [1.165, 1.54) is 25.7 Å². The first-order valence-corrected chi connectivity index (χ1v) is 9.09. The van der Waals surface area contributed by atoms with Crippen molar-refractivity contribution in [2.75, 3.05) is 6.61 Å². The topological polar surface area (TPSA) is 46.5 Å². The zero-order chi connectivity index (χ0) is 16.7. The molecule has 1 aliphatic rings. The number of carboxylic acid groups (broad SMARTS) is 1. The zero-order valence-corrected chi connectivity index (χ0v) is 14.5. The fourth-order valence-corrected chi connectivity index (χ4v) is 3.80. The Morgan fingerprint density at radius 3 is 2.35 bits per heavy atom. The molecule has 0 atom stereocenters. The molecular formula is C20H30O3. The fourth-order valence-electron chi connectivity index (χ4n) is 3.80. The van der Waals surface area contributed by atoms with Gasteiger partial charge in [-0.1, -0.05) is 44.7 Å². The molecule has 0 aromatic heterocycles. The van der Waals surface area contributed by atoms with Crippen LogP contribution in [-0.4, -0.2) is 17.7 Å². The van der Waals surface area contributed by atoms with Gasteiger partial charge in [-0.25, -0.2) is 0 Å². The summed E-state index contributed by atoms with van der Waals surface area (Å²) in [7, 11) is 0. The fraction of sp³-hybridized carbons (Fsp3) is 0.650. The molecule has 0 unspecified atom stereocenters. The molecule has 0 radical (unpaired) electrons. The molecule has 2 rings (SSSR count). The molecule has 23 heavy (non-hydrogen) atoms. The number of ether oxygens (including phenoxy) is 1. The van der Waals surface area contributed by atoms with Crippen LogP contribution in [-0.2, 0) is 10.2 Å². The van der Waals surface area contributed by atoms with E-state index in [9.17, 15) is 9.90 Å². The van der Waals surface area contributed by atoms with Crippen LogP contribution in [0.5, 0.6) is 5.75 Å². The molecule has 0 spiro atoms. The largest absolute Gasteiger partial charge is 0.494 e. The van der Waals surface area contributed by atoms with Gasteiger partial charge in [0.15, 0.2) is 0 Å². The Hall–Kier alpha value is -1.51. The minimum Gasteiger partial charge on any atom is -0.494 e. The first-order valence-electron chi connectivity index (χ1n) is 9.09. The maximum absolute atomic E-state index is 12.0. The molecule has 1 aromatic rings. The van der Waals surface area contributed by atoms with Gasteiger partial charge in [-0.15, -0.1) is 0 Å². The van der Waals surface area contributed by atoms with E-state index in [4.69, 9.17) is 4.74 Å². The third-order valence-corrected chi connectivity index (χ3v) is 5.30. The lowest BCUT2D eigenvalue weighted by atomic mass is 9.66. The molecular weight excluding hydrogens is 288 g/mol. The summed E-state index contributed by atoms with van der Waals surface area (Å²) in [6, 6.07) is 7.68. The molecule has 0 saturated heterocycles. The first-order chi connectivity index (χ1) is 11.1. The van der Waals surface area contributed by atoms with Crippen LogP contribution in [0.1, 0.15) is 70.8 Å². The SMILES string of the molecule is CCCCCC1CCC(C(=O)O)(c2ccc(OCC)cc2)CC1. The van der Waals surface area contributed by atoms with Gasteiger partial charge in [0.2, 0.25) is 0 Å². The van der Waals surface area contributed by atoms with Crippen LogP contribution in [0.15, 0.2) is 24.3 Å².